The normalized spacial score (nSPS) is 17.0. The predicted octanol–water partition coefficient (Wildman–Crippen LogP) is 2.10. The molecular weight excluding hydrogens is 330 g/mol. The van der Waals surface area contributed by atoms with Gasteiger partial charge >= 0.3 is 0 Å². The Morgan fingerprint density at radius 3 is 2.92 bits per heavy atom. The van der Waals surface area contributed by atoms with E-state index in [-0.39, 0.29) is 17.7 Å². The monoisotopic (exact) mass is 353 g/mol. The number of pyridine rings is 1. The molecule has 6 nitrogen and oxygen atoms in total. The molecule has 2 aromatic rings. The number of piperidine rings is 1. The van der Waals surface area contributed by atoms with Gasteiger partial charge in [0.1, 0.15) is 17.5 Å². The van der Waals surface area contributed by atoms with Gasteiger partial charge in [0, 0.05) is 18.8 Å². The number of rotatable bonds is 5. The highest BCUT2D eigenvalue weighted by atomic mass is 16.5. The highest BCUT2D eigenvalue weighted by Gasteiger charge is 2.25. The lowest BCUT2D eigenvalue weighted by atomic mass is 10.0. The number of hydrogen-bond donors (Lipinski definition) is 1. The van der Waals surface area contributed by atoms with Gasteiger partial charge < -0.3 is 15.4 Å². The summed E-state index contributed by atoms with van der Waals surface area (Å²) in [5.41, 5.74) is 7.60. The van der Waals surface area contributed by atoms with E-state index in [0.717, 1.165) is 30.5 Å². The molecule has 136 valence electrons. The Morgan fingerprint density at radius 2 is 2.15 bits per heavy atom. The molecule has 1 fully saturated rings. The van der Waals surface area contributed by atoms with Gasteiger partial charge in [-0.3, -0.25) is 14.6 Å². The van der Waals surface area contributed by atoms with Crippen LogP contribution in [0, 0.1) is 6.92 Å². The van der Waals surface area contributed by atoms with Crippen LogP contribution < -0.4 is 10.5 Å². The number of nitrogens with two attached hydrogens (primary N) is 1. The van der Waals surface area contributed by atoms with Crippen LogP contribution >= 0.6 is 0 Å². The molecule has 1 aromatic carbocycles. The summed E-state index contributed by atoms with van der Waals surface area (Å²) in [6.07, 6.45) is 3.54. The number of amides is 2. The Labute approximate surface area is 153 Å². The first-order valence-corrected chi connectivity index (χ1v) is 8.77. The summed E-state index contributed by atoms with van der Waals surface area (Å²) in [6.45, 7) is 3.31. The van der Waals surface area contributed by atoms with E-state index in [0.29, 0.717) is 18.7 Å². The van der Waals surface area contributed by atoms with Gasteiger partial charge in [-0.1, -0.05) is 29.8 Å². The van der Waals surface area contributed by atoms with E-state index in [1.807, 2.05) is 36.1 Å². The van der Waals surface area contributed by atoms with E-state index in [1.165, 1.54) is 12.3 Å². The first kappa shape index (κ1) is 17.9. The standard InChI is InChI=1S/C20H23N3O3/c1-14-4-2-5-15(10-14)11-19(24)23-9-3-6-17(13-23)26-16-7-8-22-18(12-16)20(21)25/h2,4-5,7-8,10,12,17H,3,6,9,11,13H2,1H3,(H2,21,25). The Balaban J connectivity index is 1.61. The van der Waals surface area contributed by atoms with Crippen LogP contribution in [0.2, 0.25) is 0 Å². The first-order valence-electron chi connectivity index (χ1n) is 8.77. The van der Waals surface area contributed by atoms with Gasteiger partial charge in [0.2, 0.25) is 5.91 Å². The van der Waals surface area contributed by atoms with Crippen molar-refractivity contribution >= 4 is 11.8 Å². The van der Waals surface area contributed by atoms with Crippen LogP contribution in [0.1, 0.15) is 34.5 Å². The van der Waals surface area contributed by atoms with Gasteiger partial charge in [0.15, 0.2) is 0 Å². The minimum atomic E-state index is -0.589. The maximum Gasteiger partial charge on any atom is 0.267 e. The molecule has 2 N–H and O–H groups in total. The minimum Gasteiger partial charge on any atom is -0.488 e. The smallest absolute Gasteiger partial charge is 0.267 e. The van der Waals surface area contributed by atoms with Gasteiger partial charge in [0.25, 0.3) is 5.91 Å². The zero-order valence-corrected chi connectivity index (χ0v) is 14.9. The van der Waals surface area contributed by atoms with Crippen molar-refractivity contribution in [2.45, 2.75) is 32.3 Å². The molecule has 0 aliphatic carbocycles. The minimum absolute atomic E-state index is 0.103. The average molecular weight is 353 g/mol. The summed E-state index contributed by atoms with van der Waals surface area (Å²) >= 11 is 0. The molecule has 6 heteroatoms. The number of likely N-dealkylation sites (tertiary alicyclic amines) is 1. The molecule has 1 aliphatic rings. The molecule has 26 heavy (non-hydrogen) atoms. The number of nitrogens with zero attached hydrogens (tertiary/aromatic N) is 2. The Kier molecular flexibility index (Phi) is 5.51. The second-order valence-electron chi connectivity index (χ2n) is 6.63. The van der Waals surface area contributed by atoms with Crippen molar-refractivity contribution in [2.24, 2.45) is 5.73 Å². The number of aromatic nitrogens is 1. The molecule has 0 bridgehead atoms. The molecule has 3 rings (SSSR count). The zero-order chi connectivity index (χ0) is 18.5. The average Bonchev–Trinajstić information content (AvgIpc) is 2.62. The fraction of sp³-hybridized carbons (Fsp3) is 0.350. The molecule has 0 spiro atoms. The molecule has 1 saturated heterocycles. The second-order valence-corrected chi connectivity index (χ2v) is 6.63. The summed E-state index contributed by atoms with van der Waals surface area (Å²) in [5, 5.41) is 0. The fourth-order valence-corrected chi connectivity index (χ4v) is 3.18. The molecule has 1 aliphatic heterocycles. The van der Waals surface area contributed by atoms with Gasteiger partial charge in [-0.15, -0.1) is 0 Å². The number of aryl methyl sites for hydroxylation is 1. The van der Waals surface area contributed by atoms with Crippen LogP contribution in [0.5, 0.6) is 5.75 Å². The summed E-state index contributed by atoms with van der Waals surface area (Å²) in [6, 6.07) is 11.2. The molecule has 2 heterocycles. The molecule has 0 radical (unpaired) electrons. The van der Waals surface area contributed by atoms with E-state index in [9.17, 15) is 9.59 Å². The van der Waals surface area contributed by atoms with Gasteiger partial charge in [-0.05, 0) is 31.4 Å². The lowest BCUT2D eigenvalue weighted by Gasteiger charge is -2.33. The number of carbonyl (C=O) groups is 2. The van der Waals surface area contributed by atoms with E-state index in [1.54, 1.807) is 6.07 Å². The number of hydrogen-bond acceptors (Lipinski definition) is 4. The van der Waals surface area contributed by atoms with Crippen molar-refractivity contribution in [1.29, 1.82) is 0 Å². The Morgan fingerprint density at radius 1 is 1.31 bits per heavy atom. The molecule has 0 saturated carbocycles. The number of carbonyl (C=O) groups excluding carboxylic acids is 2. The largest absolute Gasteiger partial charge is 0.488 e. The van der Waals surface area contributed by atoms with Crippen molar-refractivity contribution < 1.29 is 14.3 Å². The summed E-state index contributed by atoms with van der Waals surface area (Å²) < 4.78 is 5.95. The number of benzene rings is 1. The quantitative estimate of drug-likeness (QED) is 0.892. The lowest BCUT2D eigenvalue weighted by Crippen LogP contribution is -2.45. The number of ether oxygens (including phenoxy) is 1. The van der Waals surface area contributed by atoms with E-state index in [2.05, 4.69) is 4.98 Å². The van der Waals surface area contributed by atoms with Crippen molar-refractivity contribution in [1.82, 2.24) is 9.88 Å². The van der Waals surface area contributed by atoms with Crippen LogP contribution in [0.15, 0.2) is 42.6 Å². The summed E-state index contributed by atoms with van der Waals surface area (Å²) in [7, 11) is 0. The van der Waals surface area contributed by atoms with Crippen LogP contribution in [-0.4, -0.2) is 40.9 Å². The highest BCUT2D eigenvalue weighted by Crippen LogP contribution is 2.19. The third kappa shape index (κ3) is 4.59. The molecule has 1 atom stereocenters. The molecule has 2 amide bonds. The SMILES string of the molecule is Cc1cccc(CC(=O)N2CCCC(Oc3ccnc(C(N)=O)c3)C2)c1. The Hall–Kier alpha value is -2.89. The van der Waals surface area contributed by atoms with Crippen molar-refractivity contribution in [2.75, 3.05) is 13.1 Å². The van der Waals surface area contributed by atoms with E-state index in [4.69, 9.17) is 10.5 Å². The van der Waals surface area contributed by atoms with Crippen molar-refractivity contribution in [3.63, 3.8) is 0 Å². The van der Waals surface area contributed by atoms with Crippen LogP contribution in [0.3, 0.4) is 0 Å². The maximum atomic E-state index is 12.6. The third-order valence-electron chi connectivity index (χ3n) is 4.46. The van der Waals surface area contributed by atoms with Gasteiger partial charge in [-0.25, -0.2) is 0 Å². The summed E-state index contributed by atoms with van der Waals surface area (Å²) in [4.78, 5) is 29.6. The third-order valence-corrected chi connectivity index (χ3v) is 4.46. The topological polar surface area (TPSA) is 85.5 Å². The summed E-state index contributed by atoms with van der Waals surface area (Å²) in [5.74, 6) is 0.0669. The predicted molar refractivity (Wildman–Crippen MR) is 97.9 cm³/mol. The van der Waals surface area contributed by atoms with Crippen LogP contribution in [-0.2, 0) is 11.2 Å². The van der Waals surface area contributed by atoms with Crippen LogP contribution in [0.25, 0.3) is 0 Å². The second kappa shape index (κ2) is 7.99. The van der Waals surface area contributed by atoms with Gasteiger partial charge in [0.05, 0.1) is 13.0 Å². The fourth-order valence-electron chi connectivity index (χ4n) is 3.18. The Bertz CT molecular complexity index is 806. The lowest BCUT2D eigenvalue weighted by molar-refractivity contribution is -0.133. The molecule has 1 unspecified atom stereocenters. The van der Waals surface area contributed by atoms with Crippen molar-refractivity contribution in [3.05, 3.63) is 59.4 Å². The van der Waals surface area contributed by atoms with E-state index < -0.39 is 5.91 Å². The maximum absolute atomic E-state index is 12.6. The molecule has 1 aromatic heterocycles. The number of primary amides is 1. The van der Waals surface area contributed by atoms with E-state index >= 15 is 0 Å². The van der Waals surface area contributed by atoms with Gasteiger partial charge in [-0.2, -0.15) is 0 Å². The van der Waals surface area contributed by atoms with Crippen molar-refractivity contribution in [3.8, 4) is 5.75 Å². The zero-order valence-electron chi connectivity index (χ0n) is 14.9. The highest BCUT2D eigenvalue weighted by molar-refractivity contribution is 5.91. The molecular formula is C20H23N3O3. The van der Waals surface area contributed by atoms with Crippen LogP contribution in [0.4, 0.5) is 0 Å². The first-order chi connectivity index (χ1) is 12.5.